The number of fused-ring (bicyclic) bond motifs is 1. The number of benzene rings is 2. The quantitative estimate of drug-likeness (QED) is 0.523. The number of carbonyl (C=O) groups is 1. The molecule has 5 rings (SSSR count). The van der Waals surface area contributed by atoms with E-state index in [2.05, 4.69) is 10.2 Å². The first-order valence-corrected chi connectivity index (χ1v) is 12.5. The van der Waals surface area contributed by atoms with Gasteiger partial charge in [-0.1, -0.05) is 18.2 Å². The van der Waals surface area contributed by atoms with Gasteiger partial charge in [-0.15, -0.1) is 0 Å². The molecule has 10 heteroatoms. The molecule has 33 heavy (non-hydrogen) atoms. The molecule has 0 spiro atoms. The Morgan fingerprint density at radius 1 is 1.18 bits per heavy atom. The predicted molar refractivity (Wildman–Crippen MR) is 120 cm³/mol. The fourth-order valence-electron chi connectivity index (χ4n) is 4.72. The van der Waals surface area contributed by atoms with Crippen LogP contribution in [0.2, 0.25) is 0 Å². The largest absolute Gasteiger partial charge is 0.507 e. The van der Waals surface area contributed by atoms with Crippen molar-refractivity contribution in [3.05, 3.63) is 59.3 Å². The number of aromatic nitrogens is 2. The van der Waals surface area contributed by atoms with Gasteiger partial charge in [-0.05, 0) is 43.2 Å². The molecule has 0 radical (unpaired) electrons. The van der Waals surface area contributed by atoms with Crippen LogP contribution in [0.5, 0.6) is 17.2 Å². The molecule has 172 valence electrons. The monoisotopic (exact) mass is 469 g/mol. The summed E-state index contributed by atoms with van der Waals surface area (Å²) in [7, 11) is -3.25. The average Bonchev–Trinajstić information content (AvgIpc) is 3.44. The zero-order valence-corrected chi connectivity index (χ0v) is 18.7. The van der Waals surface area contributed by atoms with E-state index in [1.807, 2.05) is 0 Å². The van der Waals surface area contributed by atoms with Crippen molar-refractivity contribution in [3.63, 3.8) is 0 Å². The van der Waals surface area contributed by atoms with E-state index in [9.17, 15) is 23.4 Å². The Morgan fingerprint density at radius 2 is 1.97 bits per heavy atom. The number of phenols is 2. The summed E-state index contributed by atoms with van der Waals surface area (Å²) in [5.41, 5.74) is 2.33. The lowest BCUT2D eigenvalue weighted by molar-refractivity contribution is 0.0677. The number of ether oxygens (including phenoxy) is 1. The van der Waals surface area contributed by atoms with E-state index in [4.69, 9.17) is 4.74 Å². The van der Waals surface area contributed by atoms with Crippen molar-refractivity contribution in [1.82, 2.24) is 15.1 Å². The number of rotatable bonds is 5. The normalized spacial score (nSPS) is 21.4. The van der Waals surface area contributed by atoms with E-state index in [-0.39, 0.29) is 40.4 Å². The topological polar surface area (TPSA) is 133 Å². The highest BCUT2D eigenvalue weighted by atomic mass is 32.2. The van der Waals surface area contributed by atoms with Gasteiger partial charge in [0.15, 0.2) is 21.3 Å². The van der Waals surface area contributed by atoms with E-state index >= 15 is 0 Å². The van der Waals surface area contributed by atoms with Gasteiger partial charge in [-0.3, -0.25) is 9.89 Å². The van der Waals surface area contributed by atoms with Crippen molar-refractivity contribution < 1.29 is 28.2 Å². The Labute approximate surface area is 190 Å². The Morgan fingerprint density at radius 3 is 2.67 bits per heavy atom. The Hall–Kier alpha value is -3.53. The minimum Gasteiger partial charge on any atom is -0.507 e. The van der Waals surface area contributed by atoms with Crippen molar-refractivity contribution in [2.75, 3.05) is 18.1 Å². The third-order valence-corrected chi connectivity index (χ3v) is 7.91. The summed E-state index contributed by atoms with van der Waals surface area (Å²) in [5, 5.41) is 27.8. The minimum atomic E-state index is -3.25. The van der Waals surface area contributed by atoms with Crippen LogP contribution in [-0.4, -0.2) is 63.8 Å². The molecule has 2 aromatic carbocycles. The molecule has 2 unspecified atom stereocenters. The third-order valence-electron chi connectivity index (χ3n) is 6.16. The highest BCUT2D eigenvalue weighted by molar-refractivity contribution is 7.91. The van der Waals surface area contributed by atoms with Crippen molar-refractivity contribution in [2.24, 2.45) is 0 Å². The zero-order valence-electron chi connectivity index (χ0n) is 17.9. The van der Waals surface area contributed by atoms with Gasteiger partial charge < -0.3 is 19.8 Å². The van der Waals surface area contributed by atoms with E-state index in [0.29, 0.717) is 35.4 Å². The smallest absolute Gasteiger partial charge is 0.273 e. The molecule has 3 heterocycles. The van der Waals surface area contributed by atoms with Gasteiger partial charge in [0.25, 0.3) is 5.91 Å². The summed E-state index contributed by atoms with van der Waals surface area (Å²) in [6.07, 6.45) is 0.338. The molecular weight excluding hydrogens is 446 g/mol. The highest BCUT2D eigenvalue weighted by Crippen LogP contribution is 2.47. The first-order valence-electron chi connectivity index (χ1n) is 10.7. The maximum absolute atomic E-state index is 13.5. The summed E-state index contributed by atoms with van der Waals surface area (Å²) in [5.74, 6) is -0.199. The summed E-state index contributed by atoms with van der Waals surface area (Å²) >= 11 is 0. The molecule has 0 saturated carbocycles. The number of carbonyl (C=O) groups excluding carboxylic acids is 1. The molecule has 2 aliphatic rings. The summed E-state index contributed by atoms with van der Waals surface area (Å²) in [6.45, 7) is 2.14. The van der Waals surface area contributed by atoms with Crippen LogP contribution in [0, 0.1) is 0 Å². The molecule has 2 aliphatic heterocycles. The van der Waals surface area contributed by atoms with Crippen LogP contribution in [0.3, 0.4) is 0 Å². The van der Waals surface area contributed by atoms with Crippen molar-refractivity contribution in [3.8, 4) is 28.5 Å². The van der Waals surface area contributed by atoms with Crippen LogP contribution in [0.25, 0.3) is 11.3 Å². The van der Waals surface area contributed by atoms with Crippen molar-refractivity contribution in [1.29, 1.82) is 0 Å². The molecule has 1 aromatic heterocycles. The zero-order chi connectivity index (χ0) is 23.3. The first kappa shape index (κ1) is 21.3. The van der Waals surface area contributed by atoms with Crippen LogP contribution in [0.15, 0.2) is 42.5 Å². The number of para-hydroxylation sites is 1. The Bertz CT molecular complexity index is 1350. The second-order valence-corrected chi connectivity index (χ2v) is 10.4. The number of hydrogen-bond acceptors (Lipinski definition) is 7. The number of hydrogen-bond donors (Lipinski definition) is 3. The fraction of sp³-hybridized carbons (Fsp3) is 0.304. The molecule has 3 N–H and O–H groups in total. The van der Waals surface area contributed by atoms with Gasteiger partial charge >= 0.3 is 0 Å². The van der Waals surface area contributed by atoms with E-state index in [1.54, 1.807) is 42.2 Å². The van der Waals surface area contributed by atoms with Crippen LogP contribution in [0.1, 0.15) is 41.0 Å². The minimum absolute atomic E-state index is 0.0144. The van der Waals surface area contributed by atoms with E-state index in [0.717, 1.165) is 0 Å². The van der Waals surface area contributed by atoms with Gasteiger partial charge in [-0.25, -0.2) is 8.42 Å². The van der Waals surface area contributed by atoms with Crippen molar-refractivity contribution >= 4 is 15.7 Å². The fourth-order valence-corrected chi connectivity index (χ4v) is 6.43. The number of sulfone groups is 1. The van der Waals surface area contributed by atoms with E-state index < -0.39 is 21.9 Å². The highest BCUT2D eigenvalue weighted by Gasteiger charge is 2.48. The van der Waals surface area contributed by atoms with Crippen molar-refractivity contribution in [2.45, 2.75) is 25.4 Å². The molecule has 3 aromatic rings. The van der Waals surface area contributed by atoms with Gasteiger partial charge in [0.1, 0.15) is 17.1 Å². The lowest BCUT2D eigenvalue weighted by Gasteiger charge is -2.31. The third kappa shape index (κ3) is 3.50. The van der Waals surface area contributed by atoms with Crippen LogP contribution in [-0.2, 0) is 9.84 Å². The number of nitrogens with one attached hydrogen (secondary N) is 1. The molecule has 9 nitrogen and oxygen atoms in total. The van der Waals surface area contributed by atoms with Gasteiger partial charge in [0.2, 0.25) is 0 Å². The number of aromatic amines is 1. The number of H-pyrrole nitrogens is 1. The van der Waals surface area contributed by atoms with Crippen LogP contribution >= 0.6 is 0 Å². The number of aromatic hydroxyl groups is 2. The molecule has 0 aliphatic carbocycles. The number of phenolic OH excluding ortho intramolecular Hbond substituents is 2. The second-order valence-electron chi connectivity index (χ2n) is 8.21. The van der Waals surface area contributed by atoms with Crippen LogP contribution < -0.4 is 4.74 Å². The molecule has 2 atom stereocenters. The second kappa shape index (κ2) is 7.80. The summed E-state index contributed by atoms with van der Waals surface area (Å²) in [6, 6.07) is 10.4. The average molecular weight is 470 g/mol. The molecule has 1 saturated heterocycles. The summed E-state index contributed by atoms with van der Waals surface area (Å²) in [4.78, 5) is 15.1. The predicted octanol–water partition coefficient (Wildman–Crippen LogP) is 2.62. The van der Waals surface area contributed by atoms with Gasteiger partial charge in [-0.2, -0.15) is 5.10 Å². The maximum atomic E-state index is 13.5. The van der Waals surface area contributed by atoms with Gasteiger partial charge in [0.05, 0.1) is 24.2 Å². The number of nitrogens with zero attached hydrogens (tertiary/aromatic N) is 2. The Balaban J connectivity index is 1.70. The SMILES string of the molecule is CCOc1cc(C2c3c(-c4ccccc4O)n[nH]c3C(=O)N2C2CCS(=O)(=O)C2)ccc1O. The first-order chi connectivity index (χ1) is 15.8. The lowest BCUT2D eigenvalue weighted by Crippen LogP contribution is -2.40. The molecule has 0 bridgehead atoms. The molecule has 1 fully saturated rings. The molecule has 1 amide bonds. The number of amides is 1. The Kier molecular flexibility index (Phi) is 5.04. The summed E-state index contributed by atoms with van der Waals surface area (Å²) < 4.78 is 30.0. The van der Waals surface area contributed by atoms with Gasteiger partial charge in [0, 0.05) is 17.2 Å². The lowest BCUT2D eigenvalue weighted by atomic mass is 9.94. The van der Waals surface area contributed by atoms with Crippen LogP contribution in [0.4, 0.5) is 0 Å². The maximum Gasteiger partial charge on any atom is 0.273 e. The molecular formula is C23H23N3O6S. The van der Waals surface area contributed by atoms with E-state index in [1.165, 1.54) is 12.1 Å². The standard InChI is InChI=1S/C23H23N3O6S/c1-2-32-18-11-13(7-8-17(18)28)22-19-20(15-5-3-4-6-16(15)27)24-25-21(19)23(29)26(22)14-9-10-33(30,31)12-14/h3-8,11,14,22,27-28H,2,9-10,12H2,1H3,(H,24,25).